The van der Waals surface area contributed by atoms with Crippen LogP contribution in [0.3, 0.4) is 0 Å². The Kier molecular flexibility index (Phi) is 37.7. The van der Waals surface area contributed by atoms with E-state index in [-0.39, 0.29) is 19.4 Å². The first kappa shape index (κ1) is 59.4. The molecule has 1 heterocycles. The average molecular weight is 925 g/mol. The number of ether oxygens (including phenoxy) is 4. The van der Waals surface area contributed by atoms with Gasteiger partial charge in [-0.3, -0.25) is 14.1 Å². The Morgan fingerprint density at radius 2 is 0.969 bits per heavy atom. The highest BCUT2D eigenvalue weighted by Crippen LogP contribution is 2.24. The molecule has 0 amide bonds. The fraction of sp³-hybridized carbons (Fsp3) is 0.765. The van der Waals surface area contributed by atoms with E-state index in [4.69, 9.17) is 18.9 Å². The molecule has 1 aliphatic heterocycles. The van der Waals surface area contributed by atoms with Crippen LogP contribution in [0.25, 0.3) is 0 Å². The van der Waals surface area contributed by atoms with Gasteiger partial charge < -0.3 is 34.3 Å². The van der Waals surface area contributed by atoms with Gasteiger partial charge >= 0.3 is 11.9 Å². The van der Waals surface area contributed by atoms with Crippen LogP contribution < -0.4 is 0 Å². The molecule has 0 radical (unpaired) electrons. The van der Waals surface area contributed by atoms with Crippen molar-refractivity contribution in [2.24, 2.45) is 0 Å². The van der Waals surface area contributed by atoms with Gasteiger partial charge in [0.05, 0.1) is 6.61 Å². The normalized spacial score (nSPS) is 20.1. The van der Waals surface area contributed by atoms with Crippen LogP contribution in [0, 0.1) is 0 Å². The number of aliphatic hydroxyl groups excluding tert-OH is 3. The van der Waals surface area contributed by atoms with E-state index in [0.29, 0.717) is 12.8 Å². The first-order valence-electron chi connectivity index (χ1n) is 24.8. The van der Waals surface area contributed by atoms with Crippen molar-refractivity contribution in [3.8, 4) is 0 Å². The molecule has 13 heteroatoms. The Morgan fingerprint density at radius 3 is 1.48 bits per heavy atom. The summed E-state index contributed by atoms with van der Waals surface area (Å²) in [5.41, 5.74) is 0. The fourth-order valence-corrected chi connectivity index (χ4v) is 7.88. The third-order valence-electron chi connectivity index (χ3n) is 11.1. The summed E-state index contributed by atoms with van der Waals surface area (Å²) < 4.78 is 54.2. The van der Waals surface area contributed by atoms with Gasteiger partial charge in [-0.2, -0.15) is 8.42 Å². The zero-order valence-electron chi connectivity index (χ0n) is 39.6. The summed E-state index contributed by atoms with van der Waals surface area (Å²) in [6.07, 6.45) is 41.1. The lowest BCUT2D eigenvalue weighted by molar-refractivity contribution is -0.297. The van der Waals surface area contributed by atoms with Crippen LogP contribution in [0.4, 0.5) is 0 Å². The number of rotatable bonds is 41. The molecule has 0 aromatic heterocycles. The van der Waals surface area contributed by atoms with Crippen LogP contribution >= 0.6 is 0 Å². The summed E-state index contributed by atoms with van der Waals surface area (Å²) in [6, 6.07) is 0. The second kappa shape index (κ2) is 40.6. The molecule has 1 rings (SSSR count). The van der Waals surface area contributed by atoms with Gasteiger partial charge in [0.2, 0.25) is 0 Å². The van der Waals surface area contributed by atoms with Crippen molar-refractivity contribution in [2.75, 3.05) is 19.0 Å². The second-order valence-electron chi connectivity index (χ2n) is 17.1. The number of carbonyl (C=O) groups is 2. The van der Waals surface area contributed by atoms with Crippen molar-refractivity contribution >= 4 is 22.1 Å². The summed E-state index contributed by atoms with van der Waals surface area (Å²) in [6.45, 7) is 3.67. The number of aliphatic hydroxyl groups is 3. The monoisotopic (exact) mass is 925 g/mol. The molecule has 64 heavy (non-hydrogen) atoms. The third-order valence-corrected chi connectivity index (χ3v) is 11.8. The second-order valence-corrected chi connectivity index (χ2v) is 18.6. The summed E-state index contributed by atoms with van der Waals surface area (Å²) in [4.78, 5) is 25.5. The van der Waals surface area contributed by atoms with Crippen molar-refractivity contribution in [3.63, 3.8) is 0 Å². The molecule has 12 nitrogen and oxygen atoms in total. The first-order chi connectivity index (χ1) is 31.0. The quantitative estimate of drug-likeness (QED) is 0.0197. The Hall–Kier alpha value is -2.65. The predicted molar refractivity (Wildman–Crippen MR) is 256 cm³/mol. The van der Waals surface area contributed by atoms with E-state index in [2.05, 4.69) is 74.6 Å². The van der Waals surface area contributed by atoms with E-state index in [1.54, 1.807) is 0 Å². The van der Waals surface area contributed by atoms with Crippen LogP contribution in [0.5, 0.6) is 0 Å². The lowest BCUT2D eigenvalue weighted by atomic mass is 10.00. The van der Waals surface area contributed by atoms with E-state index in [1.165, 1.54) is 83.5 Å². The molecule has 1 fully saturated rings. The van der Waals surface area contributed by atoms with E-state index >= 15 is 0 Å². The summed E-state index contributed by atoms with van der Waals surface area (Å²) >= 11 is 0. The maximum Gasteiger partial charge on any atom is 0.306 e. The van der Waals surface area contributed by atoms with Gasteiger partial charge in [-0.25, -0.2) is 0 Å². The minimum atomic E-state index is -4.61. The molecule has 2 unspecified atom stereocenters. The fourth-order valence-electron chi connectivity index (χ4n) is 7.19. The maximum atomic E-state index is 12.9. The number of carbonyl (C=O) groups excluding carboxylic acids is 2. The number of allylic oxidation sites excluding steroid dienone is 10. The Morgan fingerprint density at radius 1 is 0.531 bits per heavy atom. The van der Waals surface area contributed by atoms with Crippen molar-refractivity contribution in [1.29, 1.82) is 0 Å². The minimum absolute atomic E-state index is 0.153. The molecule has 0 aromatic rings. The molecule has 1 saturated heterocycles. The number of hydrogen-bond acceptors (Lipinski definition) is 11. The van der Waals surface area contributed by atoms with Crippen molar-refractivity contribution in [2.45, 2.75) is 230 Å². The highest BCUT2D eigenvalue weighted by atomic mass is 32.2. The highest BCUT2D eigenvalue weighted by molar-refractivity contribution is 7.85. The highest BCUT2D eigenvalue weighted by Gasteiger charge is 2.46. The molecule has 0 bridgehead atoms. The van der Waals surface area contributed by atoms with Crippen LogP contribution in [-0.4, -0.2) is 96.0 Å². The molecular formula is C51H88O12S. The van der Waals surface area contributed by atoms with Crippen molar-refractivity contribution in [3.05, 3.63) is 60.8 Å². The molecule has 4 N–H and O–H groups in total. The summed E-state index contributed by atoms with van der Waals surface area (Å²) in [7, 11) is -4.61. The van der Waals surface area contributed by atoms with Crippen LogP contribution in [0.2, 0.25) is 0 Å². The predicted octanol–water partition coefficient (Wildman–Crippen LogP) is 10.9. The molecule has 0 aliphatic carbocycles. The van der Waals surface area contributed by atoms with Gasteiger partial charge in [0.25, 0.3) is 10.1 Å². The van der Waals surface area contributed by atoms with Gasteiger partial charge in [-0.15, -0.1) is 0 Å². The molecule has 6 atom stereocenters. The Balaban J connectivity index is 2.42. The Bertz CT molecular complexity index is 1410. The van der Waals surface area contributed by atoms with E-state index in [9.17, 15) is 37.9 Å². The SMILES string of the molecule is CCC/C=C/C/C=C/C/C=C/C/C=C/CCCCCC(=O)OC[C@H](CO[C@H]1O[C@H](CS(=O)(=O)O)[C@@H](O)C(O)C1O)OC(=O)CCCCCCCCCCC/C=C/CCCCCCCC. The standard InChI is InChI=1S/C51H88O12S/c1-3-5-7-9-11-13-15-17-19-21-22-24-26-28-30-32-34-36-38-40-47(53)62-44(42-61-51-50(56)49(55)48(54)45(63-51)43-64(57,58)59)41-60-46(52)39-37-35-33-31-29-27-25-23-20-18-16-14-12-10-8-6-4-2/h8,10,14,16-17,19-20,23,27,29,44-45,48-51,54-56H,3-7,9,11-13,15,18,21-22,24-26,28,30-43H2,1-2H3,(H,57,58,59)/b10-8+,16-14+,19-17+,23-20+,29-27+/t44-,45-,48-,49?,50?,51+/m1/s1. The largest absolute Gasteiger partial charge is 0.462 e. The van der Waals surface area contributed by atoms with Gasteiger partial charge in [-0.1, -0.05) is 164 Å². The third kappa shape index (κ3) is 34.7. The zero-order valence-corrected chi connectivity index (χ0v) is 40.4. The average Bonchev–Trinajstić information content (AvgIpc) is 3.26. The van der Waals surface area contributed by atoms with E-state index in [0.717, 1.165) is 70.6 Å². The topological polar surface area (TPSA) is 186 Å². The lowest BCUT2D eigenvalue weighted by Gasteiger charge is -2.40. The zero-order chi connectivity index (χ0) is 46.9. The van der Waals surface area contributed by atoms with E-state index in [1.807, 2.05) is 0 Å². The summed E-state index contributed by atoms with van der Waals surface area (Å²) in [5.74, 6) is -2.03. The smallest absolute Gasteiger partial charge is 0.306 e. The van der Waals surface area contributed by atoms with Crippen molar-refractivity contribution < 1.29 is 56.8 Å². The van der Waals surface area contributed by atoms with Gasteiger partial charge in [0.15, 0.2) is 12.4 Å². The molecular weight excluding hydrogens is 837 g/mol. The van der Waals surface area contributed by atoms with Crippen molar-refractivity contribution in [1.82, 2.24) is 0 Å². The molecule has 0 spiro atoms. The maximum absolute atomic E-state index is 12.9. The number of hydrogen-bond donors (Lipinski definition) is 4. The minimum Gasteiger partial charge on any atom is -0.462 e. The molecule has 1 aliphatic rings. The molecule has 0 aromatic carbocycles. The molecule has 0 saturated carbocycles. The lowest BCUT2D eigenvalue weighted by Crippen LogP contribution is -2.60. The number of esters is 2. The first-order valence-corrected chi connectivity index (χ1v) is 26.5. The summed E-state index contributed by atoms with van der Waals surface area (Å²) in [5, 5.41) is 30.9. The van der Waals surface area contributed by atoms with Crippen LogP contribution in [-0.2, 0) is 38.7 Å². The van der Waals surface area contributed by atoms with Crippen LogP contribution in [0.15, 0.2) is 60.8 Å². The van der Waals surface area contributed by atoms with Gasteiger partial charge in [0.1, 0.15) is 36.8 Å². The van der Waals surface area contributed by atoms with Gasteiger partial charge in [0, 0.05) is 12.8 Å². The Labute approximate surface area is 387 Å². The van der Waals surface area contributed by atoms with E-state index < -0.39 is 71.2 Å². The van der Waals surface area contributed by atoms with Crippen LogP contribution in [0.1, 0.15) is 194 Å². The molecule has 370 valence electrons. The van der Waals surface area contributed by atoms with Gasteiger partial charge in [-0.05, 0) is 77.0 Å². The number of unbranched alkanes of at least 4 members (excludes halogenated alkanes) is 19.